The highest BCUT2D eigenvalue weighted by Gasteiger charge is 2.43. The molecule has 1 saturated heterocycles. The van der Waals surface area contributed by atoms with Crippen LogP contribution in [0.15, 0.2) is 5.38 Å². The maximum Gasteiger partial charge on any atom is 0.246 e. The summed E-state index contributed by atoms with van der Waals surface area (Å²) in [6.07, 6.45) is 3.44. The summed E-state index contributed by atoms with van der Waals surface area (Å²) >= 11 is 1.56. The second-order valence-corrected chi connectivity index (χ2v) is 7.25. The van der Waals surface area contributed by atoms with Crippen molar-refractivity contribution in [3.05, 3.63) is 11.1 Å². The monoisotopic (exact) mass is 339 g/mol. The van der Waals surface area contributed by atoms with Gasteiger partial charge in [-0.15, -0.1) is 11.3 Å². The molecule has 6 nitrogen and oxygen atoms in total. The Bertz CT molecular complexity index is 532. The average molecular weight is 339 g/mol. The Hall–Kier alpha value is -1.18. The lowest BCUT2D eigenvalue weighted by Crippen LogP contribution is -2.42. The van der Waals surface area contributed by atoms with Crippen molar-refractivity contribution in [3.63, 3.8) is 0 Å². The number of amides is 1. The van der Waals surface area contributed by atoms with Crippen molar-refractivity contribution in [1.82, 2.24) is 10.3 Å². The molecule has 2 fully saturated rings. The summed E-state index contributed by atoms with van der Waals surface area (Å²) in [7, 11) is 0. The number of carbonyl (C=O) groups is 1. The van der Waals surface area contributed by atoms with Gasteiger partial charge in [-0.25, -0.2) is 4.98 Å². The number of aliphatic hydroxyl groups excluding tert-OH is 1. The van der Waals surface area contributed by atoms with Crippen molar-refractivity contribution < 1.29 is 14.6 Å². The number of thiazole rings is 1. The molecule has 0 spiro atoms. The van der Waals surface area contributed by atoms with E-state index in [2.05, 4.69) is 15.2 Å². The van der Waals surface area contributed by atoms with Gasteiger partial charge in [0.2, 0.25) is 5.91 Å². The molecular formula is C16H25N3O3S. The second kappa shape index (κ2) is 7.59. The lowest BCUT2D eigenvalue weighted by atomic mass is 9.98. The lowest BCUT2D eigenvalue weighted by Gasteiger charge is -2.19. The molecule has 2 atom stereocenters. The fraction of sp³-hybridized carbons (Fsp3) is 0.750. The summed E-state index contributed by atoms with van der Waals surface area (Å²) in [4.78, 5) is 18.8. The zero-order valence-electron chi connectivity index (χ0n) is 13.5. The summed E-state index contributed by atoms with van der Waals surface area (Å²) in [5.74, 6) is 1.19. The van der Waals surface area contributed by atoms with Gasteiger partial charge in [-0.3, -0.25) is 4.79 Å². The highest BCUT2D eigenvalue weighted by atomic mass is 32.1. The maximum absolute atomic E-state index is 12.1. The van der Waals surface area contributed by atoms with E-state index in [0.29, 0.717) is 18.2 Å². The third-order valence-corrected chi connectivity index (χ3v) is 5.44. The van der Waals surface area contributed by atoms with Crippen LogP contribution in [-0.2, 0) is 16.1 Å². The van der Waals surface area contributed by atoms with Crippen LogP contribution in [0, 0.1) is 11.8 Å². The number of hydrogen-bond donors (Lipinski definition) is 2. The standard InChI is InChI=1S/C16H25N3O3S/c1-2-5-22-9-15(21)18-14-7-19(6-13(14)11-3-4-11)16-17-12(8-20)10-23-16/h10-11,13-14,20H,2-9H2,1H3,(H,18,21)/t13-,14+/m0/s1. The van der Waals surface area contributed by atoms with Crippen LogP contribution in [0.4, 0.5) is 5.13 Å². The van der Waals surface area contributed by atoms with E-state index in [9.17, 15) is 9.90 Å². The first-order chi connectivity index (χ1) is 11.2. The molecule has 1 aliphatic heterocycles. The second-order valence-electron chi connectivity index (χ2n) is 6.41. The number of nitrogens with one attached hydrogen (secondary N) is 1. The van der Waals surface area contributed by atoms with Gasteiger partial charge in [-0.1, -0.05) is 6.92 Å². The van der Waals surface area contributed by atoms with Gasteiger partial charge in [0, 0.05) is 31.0 Å². The van der Waals surface area contributed by atoms with Crippen LogP contribution in [0.25, 0.3) is 0 Å². The molecular weight excluding hydrogens is 314 g/mol. The first kappa shape index (κ1) is 16.7. The van der Waals surface area contributed by atoms with Gasteiger partial charge in [0.25, 0.3) is 0 Å². The van der Waals surface area contributed by atoms with Gasteiger partial charge in [-0.2, -0.15) is 0 Å². The molecule has 1 aliphatic carbocycles. The molecule has 0 bridgehead atoms. The van der Waals surface area contributed by atoms with Crippen molar-refractivity contribution in [3.8, 4) is 0 Å². The van der Waals surface area contributed by atoms with Gasteiger partial charge in [0.05, 0.1) is 18.3 Å². The third kappa shape index (κ3) is 4.22. The molecule has 1 aromatic rings. The number of ether oxygens (including phenoxy) is 1. The summed E-state index contributed by atoms with van der Waals surface area (Å²) in [6, 6.07) is 0.168. The molecule has 7 heteroatoms. The minimum atomic E-state index is -0.0225. The number of hydrogen-bond acceptors (Lipinski definition) is 6. The summed E-state index contributed by atoms with van der Waals surface area (Å²) in [6.45, 7) is 4.51. The SMILES string of the molecule is CCCOCC(=O)N[C@@H]1CN(c2nc(CO)cs2)C[C@H]1C1CC1. The van der Waals surface area contributed by atoms with Crippen LogP contribution in [0.5, 0.6) is 0 Å². The van der Waals surface area contributed by atoms with Gasteiger partial charge in [0.15, 0.2) is 5.13 Å². The van der Waals surface area contributed by atoms with Crippen molar-refractivity contribution in [1.29, 1.82) is 0 Å². The lowest BCUT2D eigenvalue weighted by molar-refractivity contribution is -0.126. The average Bonchev–Trinajstić information content (AvgIpc) is 3.12. The molecule has 1 aromatic heterocycles. The molecule has 3 rings (SSSR count). The van der Waals surface area contributed by atoms with Crippen molar-refractivity contribution in [2.75, 3.05) is 31.2 Å². The zero-order valence-corrected chi connectivity index (χ0v) is 14.3. The van der Waals surface area contributed by atoms with E-state index in [0.717, 1.165) is 30.6 Å². The number of aliphatic hydroxyl groups is 1. The first-order valence-electron chi connectivity index (χ1n) is 8.38. The van der Waals surface area contributed by atoms with Gasteiger partial charge in [-0.05, 0) is 25.2 Å². The van der Waals surface area contributed by atoms with E-state index in [4.69, 9.17) is 4.74 Å². The molecule has 1 saturated carbocycles. The van der Waals surface area contributed by atoms with Gasteiger partial charge in [0.1, 0.15) is 6.61 Å². The Morgan fingerprint density at radius 1 is 1.52 bits per heavy atom. The Kier molecular flexibility index (Phi) is 5.50. The number of anilines is 1. The molecule has 0 radical (unpaired) electrons. The van der Waals surface area contributed by atoms with E-state index >= 15 is 0 Å². The number of aromatic nitrogens is 1. The molecule has 0 unspecified atom stereocenters. The molecule has 2 heterocycles. The fourth-order valence-corrected chi connectivity index (χ4v) is 4.05. The number of rotatable bonds is 8. The highest BCUT2D eigenvalue weighted by Crippen LogP contribution is 2.42. The molecule has 23 heavy (non-hydrogen) atoms. The molecule has 2 aliphatic rings. The number of carbonyl (C=O) groups excluding carboxylic acids is 1. The van der Waals surface area contributed by atoms with E-state index in [1.807, 2.05) is 12.3 Å². The number of nitrogens with zero attached hydrogens (tertiary/aromatic N) is 2. The van der Waals surface area contributed by atoms with Crippen molar-refractivity contribution >= 4 is 22.4 Å². The Balaban J connectivity index is 1.58. The minimum absolute atomic E-state index is 0.0221. The van der Waals surface area contributed by atoms with Crippen molar-refractivity contribution in [2.45, 2.75) is 38.8 Å². The van der Waals surface area contributed by atoms with Crippen molar-refractivity contribution in [2.24, 2.45) is 11.8 Å². The van der Waals surface area contributed by atoms with E-state index in [-0.39, 0.29) is 25.2 Å². The Morgan fingerprint density at radius 3 is 3.00 bits per heavy atom. The summed E-state index contributed by atoms with van der Waals surface area (Å²) in [5, 5.41) is 15.2. The van der Waals surface area contributed by atoms with E-state index in [1.54, 1.807) is 11.3 Å². The molecule has 2 N–H and O–H groups in total. The fourth-order valence-electron chi connectivity index (χ4n) is 3.21. The molecule has 128 valence electrons. The zero-order chi connectivity index (χ0) is 16.2. The predicted octanol–water partition coefficient (Wildman–Crippen LogP) is 1.39. The molecule has 0 aromatic carbocycles. The van der Waals surface area contributed by atoms with Crippen LogP contribution in [0.2, 0.25) is 0 Å². The van der Waals surface area contributed by atoms with Crippen LogP contribution in [0.3, 0.4) is 0 Å². The third-order valence-electron chi connectivity index (χ3n) is 4.49. The Morgan fingerprint density at radius 2 is 2.35 bits per heavy atom. The topological polar surface area (TPSA) is 74.7 Å². The van der Waals surface area contributed by atoms with Crippen LogP contribution < -0.4 is 10.2 Å². The summed E-state index contributed by atoms with van der Waals surface area (Å²) < 4.78 is 5.33. The predicted molar refractivity (Wildman–Crippen MR) is 89.5 cm³/mol. The van der Waals surface area contributed by atoms with Crippen LogP contribution in [-0.4, -0.2) is 48.3 Å². The minimum Gasteiger partial charge on any atom is -0.390 e. The quantitative estimate of drug-likeness (QED) is 0.700. The Labute approximate surface area is 140 Å². The maximum atomic E-state index is 12.1. The smallest absolute Gasteiger partial charge is 0.246 e. The van der Waals surface area contributed by atoms with Gasteiger partial charge < -0.3 is 20.1 Å². The summed E-state index contributed by atoms with van der Waals surface area (Å²) in [5.41, 5.74) is 0.716. The largest absolute Gasteiger partial charge is 0.390 e. The van der Waals surface area contributed by atoms with Gasteiger partial charge >= 0.3 is 0 Å². The van der Waals surface area contributed by atoms with Crippen LogP contribution >= 0.6 is 11.3 Å². The van der Waals surface area contributed by atoms with E-state index < -0.39 is 0 Å². The highest BCUT2D eigenvalue weighted by molar-refractivity contribution is 7.13. The van der Waals surface area contributed by atoms with E-state index in [1.165, 1.54) is 12.8 Å². The first-order valence-corrected chi connectivity index (χ1v) is 9.26. The van der Waals surface area contributed by atoms with Crippen LogP contribution in [0.1, 0.15) is 31.9 Å². The normalized spacial score (nSPS) is 24.2. The molecule has 1 amide bonds.